The highest BCUT2D eigenvalue weighted by Crippen LogP contribution is 2.46. The molecule has 1 aliphatic carbocycles. The van der Waals surface area contributed by atoms with E-state index in [1.54, 1.807) is 12.4 Å². The van der Waals surface area contributed by atoms with Gasteiger partial charge in [0.05, 0.1) is 24.1 Å². The Morgan fingerprint density at radius 3 is 2.59 bits per heavy atom. The first-order chi connectivity index (χ1) is 13.0. The average molecular weight is 367 g/mol. The van der Waals surface area contributed by atoms with Crippen molar-refractivity contribution in [2.45, 2.75) is 43.7 Å². The van der Waals surface area contributed by atoms with Crippen LogP contribution in [-0.2, 0) is 0 Å². The summed E-state index contributed by atoms with van der Waals surface area (Å²) in [4.78, 5) is 22.8. The molecular weight excluding hydrogens is 342 g/mol. The SMILES string of the molecule is CN(C)c1ncc(NC(=O)N[C@H]2CC3(CCCC3)Oc3ccccc32)cn1. The van der Waals surface area contributed by atoms with Crippen LogP contribution in [-0.4, -0.2) is 35.7 Å². The summed E-state index contributed by atoms with van der Waals surface area (Å²) < 4.78 is 6.35. The monoisotopic (exact) mass is 367 g/mol. The lowest BCUT2D eigenvalue weighted by molar-refractivity contribution is 0.0388. The third kappa shape index (κ3) is 3.67. The van der Waals surface area contributed by atoms with Crippen LogP contribution in [0.4, 0.5) is 16.4 Å². The summed E-state index contributed by atoms with van der Waals surface area (Å²) in [6.45, 7) is 0. The largest absolute Gasteiger partial charge is 0.487 e. The van der Waals surface area contributed by atoms with Crippen molar-refractivity contribution in [2.24, 2.45) is 0 Å². The van der Waals surface area contributed by atoms with E-state index in [4.69, 9.17) is 4.74 Å². The quantitative estimate of drug-likeness (QED) is 0.868. The molecule has 27 heavy (non-hydrogen) atoms. The van der Waals surface area contributed by atoms with Gasteiger partial charge < -0.3 is 20.3 Å². The minimum atomic E-state index is -0.258. The van der Waals surface area contributed by atoms with Crippen LogP contribution in [0.2, 0.25) is 0 Å². The van der Waals surface area contributed by atoms with Crippen LogP contribution in [0.1, 0.15) is 43.7 Å². The molecule has 0 radical (unpaired) electrons. The summed E-state index contributed by atoms with van der Waals surface area (Å²) in [6.07, 6.45) is 8.46. The first-order valence-electron chi connectivity index (χ1n) is 9.39. The van der Waals surface area contributed by atoms with E-state index in [-0.39, 0.29) is 17.7 Å². The Hall–Kier alpha value is -2.83. The van der Waals surface area contributed by atoms with Crippen LogP contribution in [0.25, 0.3) is 0 Å². The molecule has 1 aromatic carbocycles. The zero-order valence-corrected chi connectivity index (χ0v) is 15.7. The standard InChI is InChI=1S/C20H25N5O2/c1-25(2)18-21-12-14(13-22-18)23-19(26)24-16-11-20(9-5-6-10-20)27-17-8-4-3-7-15(16)17/h3-4,7-8,12-13,16H,5-6,9-11H2,1-2H3,(H2,23,24,26)/t16-/m0/s1. The van der Waals surface area contributed by atoms with E-state index in [0.717, 1.165) is 30.6 Å². The van der Waals surface area contributed by atoms with Gasteiger partial charge in [-0.2, -0.15) is 0 Å². The topological polar surface area (TPSA) is 79.4 Å². The maximum Gasteiger partial charge on any atom is 0.319 e. The summed E-state index contributed by atoms with van der Waals surface area (Å²) in [5, 5.41) is 5.95. The van der Waals surface area contributed by atoms with Gasteiger partial charge in [0.2, 0.25) is 5.95 Å². The van der Waals surface area contributed by atoms with Gasteiger partial charge in [0.15, 0.2) is 0 Å². The Balaban J connectivity index is 1.48. The number of carbonyl (C=O) groups excluding carboxylic acids is 1. The minimum Gasteiger partial charge on any atom is -0.487 e. The Morgan fingerprint density at radius 1 is 1.19 bits per heavy atom. The predicted molar refractivity (Wildman–Crippen MR) is 104 cm³/mol. The lowest BCUT2D eigenvalue weighted by Crippen LogP contribution is -2.44. The molecular formula is C20H25N5O2. The van der Waals surface area contributed by atoms with Gasteiger partial charge in [-0.3, -0.25) is 0 Å². The predicted octanol–water partition coefficient (Wildman–Crippen LogP) is 3.50. The van der Waals surface area contributed by atoms with Crippen molar-refractivity contribution in [3.8, 4) is 5.75 Å². The number of aromatic nitrogens is 2. The number of rotatable bonds is 3. The molecule has 1 spiro atoms. The zero-order valence-electron chi connectivity index (χ0n) is 15.7. The summed E-state index contributed by atoms with van der Waals surface area (Å²) in [6, 6.07) is 7.65. The lowest BCUT2D eigenvalue weighted by Gasteiger charge is -2.40. The van der Waals surface area contributed by atoms with Crippen molar-refractivity contribution in [2.75, 3.05) is 24.3 Å². The first-order valence-corrected chi connectivity index (χ1v) is 9.39. The molecule has 7 heteroatoms. The summed E-state index contributed by atoms with van der Waals surface area (Å²) in [5.41, 5.74) is 1.45. The number of anilines is 2. The van der Waals surface area contributed by atoms with Crippen molar-refractivity contribution in [3.63, 3.8) is 0 Å². The third-order valence-electron chi connectivity index (χ3n) is 5.31. The molecule has 1 fully saturated rings. The number of nitrogens with one attached hydrogen (secondary N) is 2. The molecule has 1 aromatic heterocycles. The molecule has 2 aromatic rings. The number of para-hydroxylation sites is 1. The van der Waals surface area contributed by atoms with Crippen molar-refractivity contribution in [3.05, 3.63) is 42.2 Å². The molecule has 4 rings (SSSR count). The number of carbonyl (C=O) groups is 1. The van der Waals surface area contributed by atoms with Gasteiger partial charge in [0.25, 0.3) is 0 Å². The molecule has 1 saturated carbocycles. The van der Waals surface area contributed by atoms with E-state index in [0.29, 0.717) is 11.6 Å². The number of urea groups is 1. The average Bonchev–Trinajstić information content (AvgIpc) is 3.09. The molecule has 0 bridgehead atoms. The van der Waals surface area contributed by atoms with Crippen LogP contribution >= 0.6 is 0 Å². The molecule has 1 aliphatic heterocycles. The van der Waals surface area contributed by atoms with E-state index in [2.05, 4.69) is 20.6 Å². The number of hydrogen-bond acceptors (Lipinski definition) is 5. The van der Waals surface area contributed by atoms with E-state index >= 15 is 0 Å². The van der Waals surface area contributed by atoms with Gasteiger partial charge in [0, 0.05) is 26.1 Å². The molecule has 2 amide bonds. The van der Waals surface area contributed by atoms with Crippen molar-refractivity contribution < 1.29 is 9.53 Å². The molecule has 0 unspecified atom stereocenters. The fourth-order valence-corrected chi connectivity index (χ4v) is 4.01. The fourth-order valence-electron chi connectivity index (χ4n) is 4.01. The van der Waals surface area contributed by atoms with Gasteiger partial charge in [0.1, 0.15) is 11.4 Å². The van der Waals surface area contributed by atoms with Crippen molar-refractivity contribution in [1.29, 1.82) is 0 Å². The first kappa shape index (κ1) is 17.6. The maximum atomic E-state index is 12.6. The van der Waals surface area contributed by atoms with E-state index in [9.17, 15) is 4.79 Å². The number of benzene rings is 1. The highest BCUT2D eigenvalue weighted by Gasteiger charge is 2.43. The summed E-state index contributed by atoms with van der Waals surface area (Å²) in [7, 11) is 3.74. The Bertz CT molecular complexity index is 815. The van der Waals surface area contributed by atoms with Crippen molar-refractivity contribution in [1.82, 2.24) is 15.3 Å². The van der Waals surface area contributed by atoms with E-state index < -0.39 is 0 Å². The third-order valence-corrected chi connectivity index (χ3v) is 5.31. The summed E-state index contributed by atoms with van der Waals surface area (Å²) in [5.74, 6) is 1.48. The van der Waals surface area contributed by atoms with E-state index in [1.807, 2.05) is 43.3 Å². The second-order valence-electron chi connectivity index (χ2n) is 7.55. The van der Waals surface area contributed by atoms with Crippen LogP contribution in [0.5, 0.6) is 5.75 Å². The molecule has 142 valence electrons. The number of ether oxygens (including phenoxy) is 1. The van der Waals surface area contributed by atoms with Crippen LogP contribution in [0, 0.1) is 0 Å². The van der Waals surface area contributed by atoms with Gasteiger partial charge in [-0.1, -0.05) is 18.2 Å². The highest BCUT2D eigenvalue weighted by molar-refractivity contribution is 5.89. The second-order valence-corrected chi connectivity index (χ2v) is 7.55. The lowest BCUT2D eigenvalue weighted by atomic mass is 9.86. The van der Waals surface area contributed by atoms with Gasteiger partial charge >= 0.3 is 6.03 Å². The van der Waals surface area contributed by atoms with Gasteiger partial charge in [-0.25, -0.2) is 14.8 Å². The molecule has 0 saturated heterocycles. The molecule has 2 N–H and O–H groups in total. The normalized spacial score (nSPS) is 19.9. The minimum absolute atomic E-state index is 0.0741. The zero-order chi connectivity index (χ0) is 18.9. The second kappa shape index (κ2) is 7.06. The fraction of sp³-hybridized carbons (Fsp3) is 0.450. The smallest absolute Gasteiger partial charge is 0.319 e. The number of nitrogens with zero attached hydrogens (tertiary/aromatic N) is 3. The van der Waals surface area contributed by atoms with Crippen molar-refractivity contribution >= 4 is 17.7 Å². The van der Waals surface area contributed by atoms with Gasteiger partial charge in [-0.05, 0) is 31.7 Å². The number of hydrogen-bond donors (Lipinski definition) is 2. The Kier molecular flexibility index (Phi) is 4.59. The molecule has 1 atom stereocenters. The molecule has 2 aliphatic rings. The van der Waals surface area contributed by atoms with Crippen LogP contribution in [0.3, 0.4) is 0 Å². The molecule has 7 nitrogen and oxygen atoms in total. The Morgan fingerprint density at radius 2 is 1.89 bits per heavy atom. The summed E-state index contributed by atoms with van der Waals surface area (Å²) >= 11 is 0. The number of fused-ring (bicyclic) bond motifs is 1. The number of amides is 2. The van der Waals surface area contributed by atoms with Gasteiger partial charge in [-0.15, -0.1) is 0 Å². The maximum absolute atomic E-state index is 12.6. The molecule has 2 heterocycles. The highest BCUT2D eigenvalue weighted by atomic mass is 16.5. The Labute approximate surface area is 159 Å². The van der Waals surface area contributed by atoms with E-state index in [1.165, 1.54) is 12.8 Å². The van der Waals surface area contributed by atoms with Crippen LogP contribution in [0.15, 0.2) is 36.7 Å². The van der Waals surface area contributed by atoms with Crippen LogP contribution < -0.4 is 20.3 Å².